The number of methoxy groups -OCH3 is 1. The molecule has 6 nitrogen and oxygen atoms in total. The van der Waals surface area contributed by atoms with E-state index in [2.05, 4.69) is 0 Å². The van der Waals surface area contributed by atoms with Gasteiger partial charge in [-0.2, -0.15) is 0 Å². The number of aryl methyl sites for hydroxylation is 1. The van der Waals surface area contributed by atoms with Crippen molar-refractivity contribution in [3.05, 3.63) is 63.7 Å². The molecule has 2 aromatic carbocycles. The zero-order valence-electron chi connectivity index (χ0n) is 18.4. The number of carbonyl (C=O) groups excluding carboxylic acids is 2. The molecule has 1 amide bonds. The Hall–Kier alpha value is -2.99. The molecule has 1 heterocycles. The monoisotopic (exact) mass is 442 g/mol. The van der Waals surface area contributed by atoms with Gasteiger partial charge >= 0.3 is 0 Å². The number of aliphatic hydroxyl groups excluding tert-OH is 1. The number of ether oxygens (including phenoxy) is 1. The molecule has 31 heavy (non-hydrogen) atoms. The van der Waals surface area contributed by atoms with Gasteiger partial charge in [-0.15, -0.1) is 0 Å². The highest BCUT2D eigenvalue weighted by atomic mass is 35.5. The molecule has 7 heteroatoms. The second-order valence-electron chi connectivity index (χ2n) is 7.81. The van der Waals surface area contributed by atoms with Crippen LogP contribution in [0.25, 0.3) is 5.76 Å². The van der Waals surface area contributed by atoms with Gasteiger partial charge in [0.15, 0.2) is 0 Å². The van der Waals surface area contributed by atoms with E-state index in [4.69, 9.17) is 16.3 Å². The van der Waals surface area contributed by atoms with E-state index in [1.54, 1.807) is 12.1 Å². The van der Waals surface area contributed by atoms with Gasteiger partial charge in [-0.25, -0.2) is 0 Å². The highest BCUT2D eigenvalue weighted by Gasteiger charge is 2.46. The summed E-state index contributed by atoms with van der Waals surface area (Å²) in [6, 6.07) is 10.3. The van der Waals surface area contributed by atoms with Crippen molar-refractivity contribution in [2.24, 2.45) is 0 Å². The third kappa shape index (κ3) is 4.12. The van der Waals surface area contributed by atoms with E-state index in [1.807, 2.05) is 57.1 Å². The van der Waals surface area contributed by atoms with Crippen LogP contribution < -0.4 is 9.64 Å². The molecule has 1 unspecified atom stereocenters. The first-order valence-corrected chi connectivity index (χ1v) is 10.5. The highest BCUT2D eigenvalue weighted by molar-refractivity contribution is 6.46. The van der Waals surface area contributed by atoms with Crippen molar-refractivity contribution in [3.8, 4) is 5.75 Å². The van der Waals surface area contributed by atoms with E-state index in [9.17, 15) is 14.7 Å². The van der Waals surface area contributed by atoms with Gasteiger partial charge in [0.1, 0.15) is 11.5 Å². The molecular formula is C24H27ClN2O4. The third-order valence-corrected chi connectivity index (χ3v) is 5.66. The number of aliphatic hydroxyl groups is 1. The SMILES string of the molecule is CCCN1C(=O)C(=O)/C(=C(/O)c2cc(C)cc(Cl)c2OC)C1c1ccc(N(C)C)cc1. The lowest BCUT2D eigenvalue weighted by Gasteiger charge is -2.25. The fourth-order valence-electron chi connectivity index (χ4n) is 3.91. The second-order valence-corrected chi connectivity index (χ2v) is 8.21. The summed E-state index contributed by atoms with van der Waals surface area (Å²) in [5.41, 5.74) is 2.86. The molecule has 0 spiro atoms. The van der Waals surface area contributed by atoms with Crippen molar-refractivity contribution in [2.45, 2.75) is 26.3 Å². The van der Waals surface area contributed by atoms with Crippen LogP contribution in [0, 0.1) is 6.92 Å². The van der Waals surface area contributed by atoms with E-state index >= 15 is 0 Å². The molecular weight excluding hydrogens is 416 g/mol. The van der Waals surface area contributed by atoms with E-state index in [1.165, 1.54) is 12.0 Å². The van der Waals surface area contributed by atoms with Crippen molar-refractivity contribution in [3.63, 3.8) is 0 Å². The minimum absolute atomic E-state index is 0.0380. The van der Waals surface area contributed by atoms with Crippen molar-refractivity contribution in [2.75, 3.05) is 32.6 Å². The Morgan fingerprint density at radius 1 is 1.19 bits per heavy atom. The van der Waals surface area contributed by atoms with Crippen molar-refractivity contribution < 1.29 is 19.4 Å². The number of hydrogen-bond acceptors (Lipinski definition) is 5. The Balaban J connectivity index is 2.25. The van der Waals surface area contributed by atoms with Gasteiger partial charge in [-0.05, 0) is 48.7 Å². The van der Waals surface area contributed by atoms with Crippen LogP contribution in [-0.4, -0.2) is 49.4 Å². The summed E-state index contributed by atoms with van der Waals surface area (Å²) in [4.78, 5) is 29.4. The number of hydrogen-bond donors (Lipinski definition) is 1. The maximum absolute atomic E-state index is 13.0. The summed E-state index contributed by atoms with van der Waals surface area (Å²) in [6.45, 7) is 4.16. The first-order chi connectivity index (χ1) is 14.7. The molecule has 0 aromatic heterocycles. The number of likely N-dealkylation sites (tertiary alicyclic amines) is 1. The zero-order chi connectivity index (χ0) is 22.9. The molecule has 164 valence electrons. The van der Waals surface area contributed by atoms with E-state index in [0.717, 1.165) is 16.8 Å². The first-order valence-electron chi connectivity index (χ1n) is 10.1. The van der Waals surface area contributed by atoms with Gasteiger partial charge < -0.3 is 19.6 Å². The van der Waals surface area contributed by atoms with Crippen LogP contribution in [-0.2, 0) is 9.59 Å². The van der Waals surface area contributed by atoms with Crippen LogP contribution in [0.3, 0.4) is 0 Å². The number of amides is 1. The Labute approximate surface area is 187 Å². The number of benzene rings is 2. The maximum atomic E-state index is 13.0. The lowest BCUT2D eigenvalue weighted by molar-refractivity contribution is -0.139. The number of carbonyl (C=O) groups is 2. The third-order valence-electron chi connectivity index (χ3n) is 5.38. The number of nitrogens with zero attached hydrogens (tertiary/aromatic N) is 2. The van der Waals surface area contributed by atoms with E-state index in [-0.39, 0.29) is 22.6 Å². The summed E-state index contributed by atoms with van der Waals surface area (Å²) in [5, 5.41) is 11.6. The predicted molar refractivity (Wildman–Crippen MR) is 123 cm³/mol. The molecule has 0 aliphatic carbocycles. The van der Waals surface area contributed by atoms with Crippen LogP contribution in [0.5, 0.6) is 5.75 Å². The molecule has 0 saturated carbocycles. The fraction of sp³-hybridized carbons (Fsp3) is 0.333. The van der Waals surface area contributed by atoms with Gasteiger partial charge in [-0.3, -0.25) is 9.59 Å². The Bertz CT molecular complexity index is 1040. The zero-order valence-corrected chi connectivity index (χ0v) is 19.2. The number of anilines is 1. The fourth-order valence-corrected chi connectivity index (χ4v) is 4.26. The van der Waals surface area contributed by atoms with Crippen molar-refractivity contribution in [1.29, 1.82) is 0 Å². The maximum Gasteiger partial charge on any atom is 0.295 e. The molecule has 0 bridgehead atoms. The molecule has 1 N–H and O–H groups in total. The number of rotatable bonds is 6. The largest absolute Gasteiger partial charge is 0.507 e. The normalized spacial score (nSPS) is 17.9. The Kier molecular flexibility index (Phi) is 6.60. The van der Waals surface area contributed by atoms with Crippen LogP contribution in [0.2, 0.25) is 5.02 Å². The molecule has 1 aliphatic rings. The number of Topliss-reactive ketones (excluding diaryl/α,β-unsaturated/α-hetero) is 1. The molecule has 1 saturated heterocycles. The minimum Gasteiger partial charge on any atom is -0.507 e. The van der Waals surface area contributed by atoms with Crippen molar-refractivity contribution in [1.82, 2.24) is 4.90 Å². The van der Waals surface area contributed by atoms with Gasteiger partial charge in [0, 0.05) is 26.3 Å². The standard InChI is InChI=1S/C24H27ClN2O4/c1-6-11-27-20(15-7-9-16(10-8-15)26(3)4)19(22(29)24(27)30)21(28)17-12-14(2)13-18(25)23(17)31-5/h7-10,12-13,20,28H,6,11H2,1-5H3/b21-19+. The predicted octanol–water partition coefficient (Wildman–Crippen LogP) is 4.55. The number of halogens is 1. The average Bonchev–Trinajstić information content (AvgIpc) is 2.98. The van der Waals surface area contributed by atoms with Crippen LogP contribution in [0.1, 0.15) is 36.1 Å². The smallest absolute Gasteiger partial charge is 0.295 e. The average molecular weight is 443 g/mol. The highest BCUT2D eigenvalue weighted by Crippen LogP contribution is 2.42. The van der Waals surface area contributed by atoms with Crippen molar-refractivity contribution >= 4 is 34.7 Å². The summed E-state index contributed by atoms with van der Waals surface area (Å²) < 4.78 is 5.39. The topological polar surface area (TPSA) is 70.1 Å². The van der Waals surface area contributed by atoms with Gasteiger partial charge in [0.05, 0.1) is 29.3 Å². The molecule has 3 rings (SSSR count). The molecule has 2 aromatic rings. The molecule has 1 atom stereocenters. The quantitative estimate of drug-likeness (QED) is 0.403. The van der Waals surface area contributed by atoms with Crippen LogP contribution in [0.15, 0.2) is 42.0 Å². The van der Waals surface area contributed by atoms with Gasteiger partial charge in [0.2, 0.25) is 0 Å². The molecule has 0 radical (unpaired) electrons. The number of ketones is 1. The lowest BCUT2D eigenvalue weighted by Crippen LogP contribution is -2.30. The molecule has 1 aliphatic heterocycles. The summed E-state index contributed by atoms with van der Waals surface area (Å²) in [5.74, 6) is -1.37. The first kappa shape index (κ1) is 22.7. The van der Waals surface area contributed by atoms with E-state index < -0.39 is 17.7 Å². The summed E-state index contributed by atoms with van der Waals surface area (Å²) in [6.07, 6.45) is 0.680. The van der Waals surface area contributed by atoms with Crippen LogP contribution >= 0.6 is 11.6 Å². The lowest BCUT2D eigenvalue weighted by atomic mass is 9.94. The second kappa shape index (κ2) is 9.02. The summed E-state index contributed by atoms with van der Waals surface area (Å²) >= 11 is 6.30. The van der Waals surface area contributed by atoms with Crippen LogP contribution in [0.4, 0.5) is 5.69 Å². The summed E-state index contributed by atoms with van der Waals surface area (Å²) in [7, 11) is 5.32. The Morgan fingerprint density at radius 2 is 1.84 bits per heavy atom. The van der Waals surface area contributed by atoms with Gasteiger partial charge in [-0.1, -0.05) is 30.7 Å². The Morgan fingerprint density at radius 3 is 2.39 bits per heavy atom. The minimum atomic E-state index is -0.715. The molecule has 1 fully saturated rings. The van der Waals surface area contributed by atoms with E-state index in [0.29, 0.717) is 18.0 Å². The van der Waals surface area contributed by atoms with Gasteiger partial charge in [0.25, 0.3) is 11.7 Å².